The highest BCUT2D eigenvalue weighted by Crippen LogP contribution is 2.32. The van der Waals surface area contributed by atoms with Crippen molar-refractivity contribution in [3.8, 4) is 11.1 Å². The summed E-state index contributed by atoms with van der Waals surface area (Å²) in [5.74, 6) is -0.0260. The van der Waals surface area contributed by atoms with Crippen molar-refractivity contribution >= 4 is 28.6 Å². The lowest BCUT2D eigenvalue weighted by atomic mass is 10.0. The minimum atomic E-state index is -0.0260. The summed E-state index contributed by atoms with van der Waals surface area (Å²) >= 11 is 0. The Bertz CT molecular complexity index is 1490. The molecule has 0 spiro atoms. The number of aliphatic imine (C=N–C) groups is 1. The van der Waals surface area contributed by atoms with Crippen LogP contribution in [0.25, 0.3) is 21.9 Å². The Morgan fingerprint density at radius 2 is 1.70 bits per heavy atom. The number of fused-ring (bicyclic) bond motifs is 2. The molecule has 2 aliphatic rings. The molecular formula is C32H30N4O. The standard InChI is InChI=1S/C32H30N4O/c37-32(30-19-26-11-4-5-12-28(26)21-34-30)36-17-16-35(22-24-8-6-7-15-33-20-24)31-14-13-27(18-29(31)23-36)25-9-2-1-3-10-25/h1-5,9-15,18-21H,6-8,16-17,22-23H2. The van der Waals surface area contributed by atoms with Crippen LogP contribution in [-0.2, 0) is 6.54 Å². The van der Waals surface area contributed by atoms with Crippen molar-refractivity contribution in [1.29, 1.82) is 0 Å². The molecule has 0 fully saturated rings. The average molecular weight is 487 g/mol. The summed E-state index contributed by atoms with van der Waals surface area (Å²) in [6.07, 6.45) is 9.04. The fourth-order valence-electron chi connectivity index (χ4n) is 5.26. The van der Waals surface area contributed by atoms with Crippen LogP contribution in [0.1, 0.15) is 35.3 Å². The molecule has 4 aromatic rings. The number of aromatic nitrogens is 1. The van der Waals surface area contributed by atoms with Crippen LogP contribution < -0.4 is 4.90 Å². The van der Waals surface area contributed by atoms with E-state index in [1.54, 1.807) is 6.20 Å². The molecule has 37 heavy (non-hydrogen) atoms. The van der Waals surface area contributed by atoms with E-state index in [1.807, 2.05) is 53.7 Å². The molecule has 2 aliphatic heterocycles. The van der Waals surface area contributed by atoms with E-state index in [0.717, 1.165) is 54.3 Å². The lowest BCUT2D eigenvalue weighted by Gasteiger charge is -2.26. The van der Waals surface area contributed by atoms with E-state index in [-0.39, 0.29) is 5.91 Å². The van der Waals surface area contributed by atoms with Gasteiger partial charge in [0.25, 0.3) is 5.91 Å². The van der Waals surface area contributed by atoms with Gasteiger partial charge in [-0.3, -0.25) is 14.8 Å². The maximum absolute atomic E-state index is 13.7. The van der Waals surface area contributed by atoms with Crippen molar-refractivity contribution in [3.63, 3.8) is 0 Å². The first kappa shape index (κ1) is 23.2. The molecule has 0 N–H and O–H groups in total. The minimum absolute atomic E-state index is 0.0260. The summed E-state index contributed by atoms with van der Waals surface area (Å²) in [7, 11) is 0. The van der Waals surface area contributed by atoms with Crippen molar-refractivity contribution < 1.29 is 4.79 Å². The SMILES string of the molecule is O=C(c1cc2ccccc2cn1)N1CCN(CC2=CN=CCCC2)c2ccc(-c3ccccc3)cc2C1. The van der Waals surface area contributed by atoms with Gasteiger partial charge in [-0.2, -0.15) is 0 Å². The number of nitrogens with zero attached hydrogens (tertiary/aromatic N) is 4. The zero-order valence-corrected chi connectivity index (χ0v) is 20.9. The molecular weight excluding hydrogens is 456 g/mol. The molecule has 3 aromatic carbocycles. The van der Waals surface area contributed by atoms with Crippen molar-refractivity contribution in [2.45, 2.75) is 25.8 Å². The van der Waals surface area contributed by atoms with Crippen molar-refractivity contribution in [2.24, 2.45) is 4.99 Å². The molecule has 1 amide bonds. The van der Waals surface area contributed by atoms with Gasteiger partial charge in [0.15, 0.2) is 0 Å². The van der Waals surface area contributed by atoms with E-state index in [0.29, 0.717) is 18.8 Å². The minimum Gasteiger partial charge on any atom is -0.365 e. The highest BCUT2D eigenvalue weighted by Gasteiger charge is 2.25. The average Bonchev–Trinajstić information content (AvgIpc) is 3.32. The summed E-state index contributed by atoms with van der Waals surface area (Å²) < 4.78 is 0. The first-order chi connectivity index (χ1) is 18.2. The Kier molecular flexibility index (Phi) is 6.51. The fraction of sp³-hybridized carbons (Fsp3) is 0.219. The Morgan fingerprint density at radius 3 is 2.59 bits per heavy atom. The van der Waals surface area contributed by atoms with Gasteiger partial charge in [0.2, 0.25) is 0 Å². The summed E-state index contributed by atoms with van der Waals surface area (Å²) in [5.41, 5.74) is 6.52. The number of rotatable bonds is 4. The summed E-state index contributed by atoms with van der Waals surface area (Å²) in [4.78, 5) is 27.1. The van der Waals surface area contributed by atoms with Gasteiger partial charge in [0, 0.05) is 55.9 Å². The maximum atomic E-state index is 13.7. The molecule has 6 rings (SSSR count). The lowest BCUT2D eigenvalue weighted by molar-refractivity contribution is 0.0746. The lowest BCUT2D eigenvalue weighted by Crippen LogP contribution is -2.36. The Morgan fingerprint density at radius 1 is 0.865 bits per heavy atom. The quantitative estimate of drug-likeness (QED) is 0.331. The van der Waals surface area contributed by atoms with Crippen LogP contribution in [0, 0.1) is 0 Å². The normalized spacial score (nSPS) is 15.6. The second kappa shape index (κ2) is 10.4. The zero-order valence-electron chi connectivity index (χ0n) is 20.9. The second-order valence-corrected chi connectivity index (χ2v) is 9.79. The monoisotopic (exact) mass is 486 g/mol. The molecule has 0 bridgehead atoms. The third-order valence-electron chi connectivity index (χ3n) is 7.25. The predicted molar refractivity (Wildman–Crippen MR) is 151 cm³/mol. The highest BCUT2D eigenvalue weighted by molar-refractivity contribution is 5.96. The number of benzene rings is 3. The molecule has 0 saturated carbocycles. The molecule has 0 aliphatic carbocycles. The van der Waals surface area contributed by atoms with Gasteiger partial charge in [-0.25, -0.2) is 0 Å². The molecule has 0 atom stereocenters. The van der Waals surface area contributed by atoms with E-state index >= 15 is 0 Å². The molecule has 0 radical (unpaired) electrons. The third-order valence-corrected chi connectivity index (χ3v) is 7.25. The first-order valence-corrected chi connectivity index (χ1v) is 13.0. The molecule has 184 valence electrons. The molecule has 0 unspecified atom stereocenters. The van der Waals surface area contributed by atoms with E-state index in [4.69, 9.17) is 0 Å². The van der Waals surface area contributed by atoms with Gasteiger partial charge in [-0.05, 0) is 65.1 Å². The van der Waals surface area contributed by atoms with E-state index < -0.39 is 0 Å². The maximum Gasteiger partial charge on any atom is 0.272 e. The van der Waals surface area contributed by atoms with Crippen molar-refractivity contribution in [2.75, 3.05) is 24.5 Å². The summed E-state index contributed by atoms with van der Waals surface area (Å²) in [5, 5.41) is 2.07. The molecule has 0 saturated heterocycles. The van der Waals surface area contributed by atoms with Crippen LogP contribution in [0.2, 0.25) is 0 Å². The van der Waals surface area contributed by atoms with Crippen LogP contribution in [-0.4, -0.2) is 41.6 Å². The number of anilines is 1. The van der Waals surface area contributed by atoms with Gasteiger partial charge < -0.3 is 9.80 Å². The van der Waals surface area contributed by atoms with Crippen molar-refractivity contribution in [1.82, 2.24) is 9.88 Å². The van der Waals surface area contributed by atoms with Crippen LogP contribution in [0.15, 0.2) is 102 Å². The van der Waals surface area contributed by atoms with Crippen LogP contribution in [0.4, 0.5) is 5.69 Å². The molecule has 1 aromatic heterocycles. The second-order valence-electron chi connectivity index (χ2n) is 9.79. The molecule has 5 nitrogen and oxygen atoms in total. The highest BCUT2D eigenvalue weighted by atomic mass is 16.2. The molecule has 3 heterocycles. The van der Waals surface area contributed by atoms with E-state index in [2.05, 4.69) is 57.3 Å². The zero-order chi connectivity index (χ0) is 25.0. The van der Waals surface area contributed by atoms with Gasteiger partial charge in [-0.1, -0.05) is 60.7 Å². The van der Waals surface area contributed by atoms with E-state index in [9.17, 15) is 4.79 Å². The van der Waals surface area contributed by atoms with E-state index in [1.165, 1.54) is 16.8 Å². The number of hydrogen-bond acceptors (Lipinski definition) is 4. The van der Waals surface area contributed by atoms with Gasteiger partial charge >= 0.3 is 0 Å². The summed E-state index contributed by atoms with van der Waals surface area (Å²) in [6, 6.07) is 27.0. The van der Waals surface area contributed by atoms with Gasteiger partial charge in [-0.15, -0.1) is 0 Å². The number of carbonyl (C=O) groups is 1. The Labute approximate surface area is 217 Å². The van der Waals surface area contributed by atoms with Crippen molar-refractivity contribution in [3.05, 3.63) is 108 Å². The summed E-state index contributed by atoms with van der Waals surface area (Å²) in [6.45, 7) is 2.78. The number of amides is 1. The Hall–Kier alpha value is -4.25. The third kappa shape index (κ3) is 5.03. The van der Waals surface area contributed by atoms with Crippen LogP contribution >= 0.6 is 0 Å². The first-order valence-electron chi connectivity index (χ1n) is 13.0. The fourth-order valence-corrected chi connectivity index (χ4v) is 5.26. The largest absolute Gasteiger partial charge is 0.365 e. The molecule has 5 heteroatoms. The number of pyridine rings is 1. The number of hydrogen-bond donors (Lipinski definition) is 0. The van der Waals surface area contributed by atoms with Gasteiger partial charge in [0.1, 0.15) is 5.69 Å². The topological polar surface area (TPSA) is 48.8 Å². The smallest absolute Gasteiger partial charge is 0.272 e. The van der Waals surface area contributed by atoms with Gasteiger partial charge in [0.05, 0.1) is 0 Å². The predicted octanol–water partition coefficient (Wildman–Crippen LogP) is 6.50. The van der Waals surface area contributed by atoms with Crippen LogP contribution in [0.3, 0.4) is 0 Å². The Balaban J connectivity index is 1.34. The number of carbonyl (C=O) groups excluding carboxylic acids is 1. The van der Waals surface area contributed by atoms with Crippen LogP contribution in [0.5, 0.6) is 0 Å².